The molecule has 2 aliphatic heterocycles. The number of nitrogens with zero attached hydrogens (tertiary/aromatic N) is 4. The van der Waals surface area contributed by atoms with Crippen LogP contribution in [0.4, 0.5) is 11.4 Å². The van der Waals surface area contributed by atoms with Crippen molar-refractivity contribution in [2.24, 2.45) is 15.7 Å². The Morgan fingerprint density at radius 3 is 2.50 bits per heavy atom. The van der Waals surface area contributed by atoms with Gasteiger partial charge in [0.25, 0.3) is 0 Å². The average Bonchev–Trinajstić information content (AvgIpc) is 2.69. The van der Waals surface area contributed by atoms with E-state index in [1.54, 1.807) is 0 Å². The summed E-state index contributed by atoms with van der Waals surface area (Å²) in [5.74, 6) is 1.07. The van der Waals surface area contributed by atoms with Crippen LogP contribution in [0.2, 0.25) is 0 Å². The van der Waals surface area contributed by atoms with Crippen LogP contribution in [0.25, 0.3) is 0 Å². The molecule has 4 rings (SSSR count). The third kappa shape index (κ3) is 3.94. The van der Waals surface area contributed by atoms with Crippen molar-refractivity contribution in [1.82, 2.24) is 4.90 Å². The number of benzene rings is 2. The Labute approximate surface area is 165 Å². The van der Waals surface area contributed by atoms with Crippen molar-refractivity contribution < 1.29 is 4.74 Å². The number of hydrogen-bond donors (Lipinski definition) is 2. The predicted molar refractivity (Wildman–Crippen MR) is 114 cm³/mol. The van der Waals surface area contributed by atoms with Crippen LogP contribution in [0.1, 0.15) is 11.1 Å². The summed E-state index contributed by atoms with van der Waals surface area (Å²) in [4.78, 5) is 13.5. The van der Waals surface area contributed by atoms with Gasteiger partial charge in [-0.1, -0.05) is 29.8 Å². The molecule has 1 atom stereocenters. The quantitative estimate of drug-likeness (QED) is 0.858. The van der Waals surface area contributed by atoms with Crippen LogP contribution >= 0.6 is 0 Å². The second kappa shape index (κ2) is 7.90. The van der Waals surface area contributed by atoms with Crippen molar-refractivity contribution in [3.63, 3.8) is 0 Å². The van der Waals surface area contributed by atoms with Gasteiger partial charge in [-0.05, 0) is 43.7 Å². The number of hydrogen-bond acceptors (Lipinski definition) is 7. The van der Waals surface area contributed by atoms with Crippen LogP contribution in [0, 0.1) is 13.8 Å². The fourth-order valence-corrected chi connectivity index (χ4v) is 3.41. The van der Waals surface area contributed by atoms with Crippen LogP contribution in [0.5, 0.6) is 0 Å². The van der Waals surface area contributed by atoms with E-state index in [4.69, 9.17) is 10.5 Å². The topological polar surface area (TPSA) is 78.5 Å². The maximum atomic E-state index is 6.11. The van der Waals surface area contributed by atoms with Gasteiger partial charge in [-0.25, -0.2) is 4.99 Å². The maximum absolute atomic E-state index is 6.11. The molecule has 1 unspecified atom stereocenters. The first kappa shape index (κ1) is 18.3. The lowest BCUT2D eigenvalue weighted by Gasteiger charge is -2.41. The number of anilines is 2. The molecule has 2 aliphatic rings. The zero-order chi connectivity index (χ0) is 19.5. The Morgan fingerprint density at radius 1 is 1.04 bits per heavy atom. The Morgan fingerprint density at radius 2 is 1.79 bits per heavy atom. The molecule has 0 saturated carbocycles. The summed E-state index contributed by atoms with van der Waals surface area (Å²) in [7, 11) is 0. The maximum Gasteiger partial charge on any atom is 0.222 e. The molecule has 1 fully saturated rings. The SMILES string of the molecule is Cc1ccc(N2C(N3CCOCC3)=NC(N)=NC2Nc2cccc(C)c2)cc1. The molecule has 3 N–H and O–H groups in total. The number of guanidine groups is 2. The highest BCUT2D eigenvalue weighted by atomic mass is 16.5. The summed E-state index contributed by atoms with van der Waals surface area (Å²) in [6.07, 6.45) is -0.389. The minimum absolute atomic E-state index is 0.273. The number of nitrogens with two attached hydrogens (primary N) is 1. The first-order valence-corrected chi connectivity index (χ1v) is 9.54. The number of morpholine rings is 1. The van der Waals surface area contributed by atoms with Crippen molar-refractivity contribution >= 4 is 23.3 Å². The van der Waals surface area contributed by atoms with Gasteiger partial charge in [0.2, 0.25) is 18.2 Å². The van der Waals surface area contributed by atoms with E-state index in [1.807, 2.05) is 12.1 Å². The fourth-order valence-electron chi connectivity index (χ4n) is 3.41. The minimum atomic E-state index is -0.389. The number of ether oxygens (including phenoxy) is 1. The average molecular weight is 378 g/mol. The molecule has 146 valence electrons. The van der Waals surface area contributed by atoms with Gasteiger partial charge in [-0.2, -0.15) is 4.99 Å². The van der Waals surface area contributed by atoms with Gasteiger partial charge in [-0.3, -0.25) is 4.90 Å². The van der Waals surface area contributed by atoms with Crippen LogP contribution < -0.4 is 16.0 Å². The highest BCUT2D eigenvalue weighted by Gasteiger charge is 2.32. The lowest BCUT2D eigenvalue weighted by Crippen LogP contribution is -2.57. The molecule has 1 saturated heterocycles. The minimum Gasteiger partial charge on any atom is -0.378 e. The molecule has 2 aromatic rings. The Kier molecular flexibility index (Phi) is 5.16. The van der Waals surface area contributed by atoms with Gasteiger partial charge >= 0.3 is 0 Å². The van der Waals surface area contributed by atoms with Gasteiger partial charge < -0.3 is 20.7 Å². The molecule has 0 radical (unpaired) electrons. The highest BCUT2D eigenvalue weighted by Crippen LogP contribution is 2.25. The molecule has 0 aromatic heterocycles. The van der Waals surface area contributed by atoms with E-state index in [0.717, 1.165) is 30.4 Å². The molecule has 7 nitrogen and oxygen atoms in total. The number of aryl methyl sites for hydroxylation is 2. The zero-order valence-electron chi connectivity index (χ0n) is 16.3. The Balaban J connectivity index is 1.72. The van der Waals surface area contributed by atoms with Crippen LogP contribution in [0.15, 0.2) is 58.5 Å². The Bertz CT molecular complexity index is 886. The predicted octanol–water partition coefficient (Wildman–Crippen LogP) is 2.52. The van der Waals surface area contributed by atoms with Crippen LogP contribution in [-0.2, 0) is 4.74 Å². The van der Waals surface area contributed by atoms with Gasteiger partial charge in [0, 0.05) is 24.5 Å². The van der Waals surface area contributed by atoms with E-state index in [2.05, 4.69) is 75.3 Å². The summed E-state index contributed by atoms with van der Waals surface area (Å²) < 4.78 is 5.52. The third-order valence-electron chi connectivity index (χ3n) is 4.85. The van der Waals surface area contributed by atoms with E-state index in [9.17, 15) is 0 Å². The van der Waals surface area contributed by atoms with Gasteiger partial charge in [0.15, 0.2) is 0 Å². The molecule has 2 aromatic carbocycles. The lowest BCUT2D eigenvalue weighted by molar-refractivity contribution is 0.0671. The van der Waals surface area contributed by atoms with Crippen molar-refractivity contribution in [1.29, 1.82) is 0 Å². The molecular formula is C21H26N6O. The van der Waals surface area contributed by atoms with Crippen molar-refractivity contribution in [2.45, 2.75) is 20.1 Å². The summed E-state index contributed by atoms with van der Waals surface area (Å²) in [6.45, 7) is 7.04. The van der Waals surface area contributed by atoms with E-state index < -0.39 is 0 Å². The van der Waals surface area contributed by atoms with E-state index in [1.165, 1.54) is 11.1 Å². The fraction of sp³-hybridized carbons (Fsp3) is 0.333. The van der Waals surface area contributed by atoms with E-state index in [-0.39, 0.29) is 12.2 Å². The second-order valence-electron chi connectivity index (χ2n) is 7.09. The molecule has 7 heteroatoms. The number of aliphatic imine (C=N–C) groups is 2. The second-order valence-corrected chi connectivity index (χ2v) is 7.09. The molecule has 0 amide bonds. The normalized spacial score (nSPS) is 19.9. The molecule has 28 heavy (non-hydrogen) atoms. The van der Waals surface area contributed by atoms with E-state index >= 15 is 0 Å². The molecule has 0 bridgehead atoms. The first-order chi connectivity index (χ1) is 13.6. The molecular weight excluding hydrogens is 352 g/mol. The number of nitrogens with one attached hydrogen (secondary N) is 1. The van der Waals surface area contributed by atoms with Crippen molar-refractivity contribution in [2.75, 3.05) is 36.5 Å². The summed E-state index contributed by atoms with van der Waals surface area (Å²) in [5, 5.41) is 3.50. The molecule has 2 heterocycles. The first-order valence-electron chi connectivity index (χ1n) is 9.54. The standard InChI is InChI=1S/C21H26N6O/c1-15-6-8-18(9-7-15)27-20(23-17-5-3-4-16(2)14-17)24-19(22)25-21(27)26-10-12-28-13-11-26/h3-9,14,20,23H,10-13H2,1-2H3,(H2,22,24). The van der Waals surface area contributed by atoms with Gasteiger partial charge in [0.05, 0.1) is 13.2 Å². The van der Waals surface area contributed by atoms with E-state index in [0.29, 0.717) is 13.2 Å². The largest absolute Gasteiger partial charge is 0.378 e. The van der Waals surface area contributed by atoms with Crippen molar-refractivity contribution in [3.05, 3.63) is 59.7 Å². The molecule has 0 aliphatic carbocycles. The monoisotopic (exact) mass is 378 g/mol. The zero-order valence-corrected chi connectivity index (χ0v) is 16.3. The summed E-state index contributed by atoms with van der Waals surface area (Å²) in [5.41, 5.74) is 10.5. The molecule has 0 spiro atoms. The van der Waals surface area contributed by atoms with Crippen molar-refractivity contribution in [3.8, 4) is 0 Å². The van der Waals surface area contributed by atoms with Crippen LogP contribution in [-0.4, -0.2) is 49.4 Å². The lowest BCUT2D eigenvalue weighted by atomic mass is 10.2. The third-order valence-corrected chi connectivity index (χ3v) is 4.85. The summed E-state index contributed by atoms with van der Waals surface area (Å²) >= 11 is 0. The number of rotatable bonds is 3. The van der Waals surface area contributed by atoms with Gasteiger partial charge in [0.1, 0.15) is 0 Å². The van der Waals surface area contributed by atoms with Crippen LogP contribution in [0.3, 0.4) is 0 Å². The smallest absolute Gasteiger partial charge is 0.222 e. The highest BCUT2D eigenvalue weighted by molar-refractivity contribution is 6.06. The van der Waals surface area contributed by atoms with Gasteiger partial charge in [-0.15, -0.1) is 0 Å². The Hall–Kier alpha value is -3.06. The summed E-state index contributed by atoms with van der Waals surface area (Å²) in [6, 6.07) is 16.6.